The van der Waals surface area contributed by atoms with Crippen LogP contribution in [0.25, 0.3) is 0 Å². The van der Waals surface area contributed by atoms with Crippen molar-refractivity contribution in [3.05, 3.63) is 53.3 Å². The van der Waals surface area contributed by atoms with Crippen LogP contribution in [0.4, 0.5) is 0 Å². The van der Waals surface area contributed by atoms with E-state index in [0.717, 1.165) is 5.56 Å². The van der Waals surface area contributed by atoms with Gasteiger partial charge in [-0.25, -0.2) is 9.78 Å². The number of carbonyl (C=O) groups excluding carboxylic acids is 2. The summed E-state index contributed by atoms with van der Waals surface area (Å²) in [7, 11) is 4.41. The molecule has 1 amide bonds. The van der Waals surface area contributed by atoms with Crippen molar-refractivity contribution in [1.82, 2.24) is 10.3 Å². The van der Waals surface area contributed by atoms with Gasteiger partial charge in [0.25, 0.3) is 5.91 Å². The highest BCUT2D eigenvalue weighted by Gasteiger charge is 2.12. The Labute approximate surface area is 145 Å². The van der Waals surface area contributed by atoms with E-state index in [2.05, 4.69) is 15.0 Å². The number of ether oxygens (including phenoxy) is 3. The second-order valence-corrected chi connectivity index (χ2v) is 5.09. The normalized spacial score (nSPS) is 10.0. The molecule has 25 heavy (non-hydrogen) atoms. The molecule has 0 bridgehead atoms. The molecule has 0 aliphatic carbocycles. The van der Waals surface area contributed by atoms with Gasteiger partial charge in [-0.15, -0.1) is 0 Å². The zero-order valence-corrected chi connectivity index (χ0v) is 14.4. The smallest absolute Gasteiger partial charge is 0.356 e. The van der Waals surface area contributed by atoms with Crippen LogP contribution in [0.2, 0.25) is 0 Å². The number of nitrogens with zero attached hydrogens (tertiary/aromatic N) is 1. The number of amides is 1. The van der Waals surface area contributed by atoms with Crippen LogP contribution in [0.15, 0.2) is 36.4 Å². The Morgan fingerprint density at radius 3 is 2.40 bits per heavy atom. The SMILES string of the molecule is COC(=O)c1cccc(C(=O)NCCc2ccc(OC)c(OC)c2)n1. The van der Waals surface area contributed by atoms with E-state index < -0.39 is 5.97 Å². The zero-order valence-electron chi connectivity index (χ0n) is 14.4. The lowest BCUT2D eigenvalue weighted by molar-refractivity contribution is 0.0594. The highest BCUT2D eigenvalue weighted by atomic mass is 16.5. The van der Waals surface area contributed by atoms with Crippen molar-refractivity contribution in [2.45, 2.75) is 6.42 Å². The molecular formula is C18H20N2O5. The molecule has 1 aromatic heterocycles. The number of hydrogen-bond donors (Lipinski definition) is 1. The number of hydrogen-bond acceptors (Lipinski definition) is 6. The maximum atomic E-state index is 12.2. The predicted octanol–water partition coefficient (Wildman–Crippen LogP) is 1.86. The van der Waals surface area contributed by atoms with Gasteiger partial charge in [0.2, 0.25) is 0 Å². The molecule has 0 aliphatic heterocycles. The van der Waals surface area contributed by atoms with Crippen molar-refractivity contribution in [3.63, 3.8) is 0 Å². The first-order valence-electron chi connectivity index (χ1n) is 7.63. The Morgan fingerprint density at radius 2 is 1.72 bits per heavy atom. The van der Waals surface area contributed by atoms with Gasteiger partial charge in [-0.05, 0) is 36.2 Å². The summed E-state index contributed by atoms with van der Waals surface area (Å²) in [5, 5.41) is 2.77. The highest BCUT2D eigenvalue weighted by molar-refractivity contribution is 5.94. The van der Waals surface area contributed by atoms with E-state index in [4.69, 9.17) is 9.47 Å². The van der Waals surface area contributed by atoms with Crippen molar-refractivity contribution in [1.29, 1.82) is 0 Å². The van der Waals surface area contributed by atoms with Crippen molar-refractivity contribution >= 4 is 11.9 Å². The standard InChI is InChI=1S/C18H20N2O5/c1-23-15-8-7-12(11-16(15)24-2)9-10-19-17(21)13-5-4-6-14(20-13)18(22)25-3/h4-8,11H,9-10H2,1-3H3,(H,19,21). The van der Waals surface area contributed by atoms with Crippen molar-refractivity contribution < 1.29 is 23.8 Å². The molecule has 2 aromatic rings. The number of esters is 1. The summed E-state index contributed by atoms with van der Waals surface area (Å²) >= 11 is 0. The Balaban J connectivity index is 1.95. The monoisotopic (exact) mass is 344 g/mol. The fraction of sp³-hybridized carbons (Fsp3) is 0.278. The van der Waals surface area contributed by atoms with E-state index in [1.165, 1.54) is 19.2 Å². The van der Waals surface area contributed by atoms with E-state index in [9.17, 15) is 9.59 Å². The summed E-state index contributed by atoms with van der Waals surface area (Å²) in [6.07, 6.45) is 0.614. The minimum absolute atomic E-state index is 0.0926. The molecule has 0 radical (unpaired) electrons. The zero-order chi connectivity index (χ0) is 18.2. The van der Waals surface area contributed by atoms with E-state index in [0.29, 0.717) is 24.5 Å². The van der Waals surface area contributed by atoms with Gasteiger partial charge in [0.15, 0.2) is 11.5 Å². The van der Waals surface area contributed by atoms with E-state index >= 15 is 0 Å². The molecule has 1 N–H and O–H groups in total. The molecule has 0 spiro atoms. The lowest BCUT2D eigenvalue weighted by atomic mass is 10.1. The average molecular weight is 344 g/mol. The number of pyridine rings is 1. The first-order valence-corrected chi connectivity index (χ1v) is 7.63. The van der Waals surface area contributed by atoms with Gasteiger partial charge < -0.3 is 19.5 Å². The molecule has 0 saturated heterocycles. The molecule has 0 fully saturated rings. The summed E-state index contributed by atoms with van der Waals surface area (Å²) in [5.74, 6) is 0.351. The number of carbonyl (C=O) groups is 2. The quantitative estimate of drug-likeness (QED) is 0.772. The van der Waals surface area contributed by atoms with Gasteiger partial charge >= 0.3 is 5.97 Å². The first kappa shape index (κ1) is 18.3. The lowest BCUT2D eigenvalue weighted by Gasteiger charge is -2.10. The second-order valence-electron chi connectivity index (χ2n) is 5.09. The van der Waals surface area contributed by atoms with E-state index in [-0.39, 0.29) is 17.3 Å². The van der Waals surface area contributed by atoms with Crippen molar-refractivity contribution in [2.75, 3.05) is 27.9 Å². The number of aromatic nitrogens is 1. The molecule has 0 unspecified atom stereocenters. The maximum absolute atomic E-state index is 12.2. The summed E-state index contributed by atoms with van der Waals surface area (Å²) in [5.41, 5.74) is 1.25. The average Bonchev–Trinajstić information content (AvgIpc) is 2.67. The van der Waals surface area contributed by atoms with Gasteiger partial charge in [-0.3, -0.25) is 4.79 Å². The molecule has 132 valence electrons. The number of rotatable bonds is 7. The maximum Gasteiger partial charge on any atom is 0.356 e. The van der Waals surface area contributed by atoms with Crippen molar-refractivity contribution in [2.24, 2.45) is 0 Å². The number of methoxy groups -OCH3 is 3. The molecule has 2 rings (SSSR count). The van der Waals surface area contributed by atoms with Crippen LogP contribution in [-0.4, -0.2) is 44.7 Å². The second kappa shape index (κ2) is 8.68. The molecule has 1 heterocycles. The molecule has 7 nitrogen and oxygen atoms in total. The third-order valence-electron chi connectivity index (χ3n) is 3.52. The predicted molar refractivity (Wildman–Crippen MR) is 91.2 cm³/mol. The molecule has 0 aliphatic rings. The van der Waals surface area contributed by atoms with Crippen molar-refractivity contribution in [3.8, 4) is 11.5 Å². The fourth-order valence-electron chi connectivity index (χ4n) is 2.23. The summed E-state index contributed by atoms with van der Waals surface area (Å²) in [6, 6.07) is 10.2. The molecule has 1 aromatic carbocycles. The molecule has 0 saturated carbocycles. The molecule has 7 heteroatoms. The van der Waals surface area contributed by atoms with Crippen LogP contribution < -0.4 is 14.8 Å². The van der Waals surface area contributed by atoms with Crippen LogP contribution in [0.3, 0.4) is 0 Å². The third-order valence-corrected chi connectivity index (χ3v) is 3.52. The first-order chi connectivity index (χ1) is 12.1. The highest BCUT2D eigenvalue weighted by Crippen LogP contribution is 2.27. The summed E-state index contributed by atoms with van der Waals surface area (Å²) in [6.45, 7) is 0.415. The minimum atomic E-state index is -0.583. The largest absolute Gasteiger partial charge is 0.493 e. The number of nitrogens with one attached hydrogen (secondary N) is 1. The van der Waals surface area contributed by atoms with Crippen LogP contribution in [-0.2, 0) is 11.2 Å². The lowest BCUT2D eigenvalue weighted by Crippen LogP contribution is -2.27. The Bertz CT molecular complexity index is 761. The van der Waals surface area contributed by atoms with Gasteiger partial charge in [0.1, 0.15) is 11.4 Å². The van der Waals surface area contributed by atoms with E-state index in [1.807, 2.05) is 18.2 Å². The summed E-state index contributed by atoms with van der Waals surface area (Å²) in [4.78, 5) is 27.6. The van der Waals surface area contributed by atoms with Crippen LogP contribution >= 0.6 is 0 Å². The number of benzene rings is 1. The fourth-order valence-corrected chi connectivity index (χ4v) is 2.23. The molecular weight excluding hydrogens is 324 g/mol. The summed E-state index contributed by atoms with van der Waals surface area (Å²) < 4.78 is 15.0. The Hall–Kier alpha value is -3.09. The van der Waals surface area contributed by atoms with Gasteiger partial charge in [0, 0.05) is 6.54 Å². The van der Waals surface area contributed by atoms with Crippen LogP contribution in [0, 0.1) is 0 Å². The Kier molecular flexibility index (Phi) is 6.33. The Morgan fingerprint density at radius 1 is 1.00 bits per heavy atom. The van der Waals surface area contributed by atoms with Gasteiger partial charge in [0.05, 0.1) is 21.3 Å². The van der Waals surface area contributed by atoms with Crippen LogP contribution in [0.1, 0.15) is 26.5 Å². The van der Waals surface area contributed by atoms with Crippen LogP contribution in [0.5, 0.6) is 11.5 Å². The topological polar surface area (TPSA) is 86.8 Å². The third kappa shape index (κ3) is 4.69. The van der Waals surface area contributed by atoms with Gasteiger partial charge in [-0.1, -0.05) is 12.1 Å². The van der Waals surface area contributed by atoms with Gasteiger partial charge in [-0.2, -0.15) is 0 Å². The minimum Gasteiger partial charge on any atom is -0.493 e. The van der Waals surface area contributed by atoms with E-state index in [1.54, 1.807) is 20.3 Å². The molecule has 0 atom stereocenters.